The van der Waals surface area contributed by atoms with Gasteiger partial charge in [-0.3, -0.25) is 4.57 Å². The molecule has 0 saturated heterocycles. The second kappa shape index (κ2) is 10.2. The van der Waals surface area contributed by atoms with E-state index in [-0.39, 0.29) is 67.7 Å². The van der Waals surface area contributed by atoms with E-state index >= 15 is 0 Å². The van der Waals surface area contributed by atoms with Crippen LogP contribution < -0.4 is 0 Å². The van der Waals surface area contributed by atoms with Crippen molar-refractivity contribution in [2.24, 2.45) is 0 Å². The van der Waals surface area contributed by atoms with Gasteiger partial charge in [0.05, 0.1) is 13.2 Å². The molecule has 0 saturated carbocycles. The first-order chi connectivity index (χ1) is 8.41. The fraction of sp³-hybridized carbons (Fsp3) is 1.00. The van der Waals surface area contributed by atoms with Crippen LogP contribution in [0.15, 0.2) is 0 Å². The quantitative estimate of drug-likeness (QED) is 0.145. The van der Waals surface area contributed by atoms with Gasteiger partial charge in [-0.05, 0) is 12.8 Å². The fourth-order valence-corrected chi connectivity index (χ4v) is 3.35. The Morgan fingerprint density at radius 1 is 0.850 bits per heavy atom. The average Bonchev–Trinajstić information content (AvgIpc) is 2.17. The van der Waals surface area contributed by atoms with Crippen molar-refractivity contribution in [1.82, 2.24) is 0 Å². The van der Waals surface area contributed by atoms with Crippen molar-refractivity contribution < 1.29 is 42.4 Å². The summed E-state index contributed by atoms with van der Waals surface area (Å²) in [6.07, 6.45) is 0.244. The van der Waals surface area contributed by atoms with Crippen LogP contribution in [0.3, 0.4) is 0 Å². The molecular formula is C7H22NaO9PSi2. The van der Waals surface area contributed by atoms with Crippen LogP contribution in [0.1, 0.15) is 12.8 Å². The number of hydrogen-bond acceptors (Lipinski definition) is 9. The Balaban J connectivity index is 0. The van der Waals surface area contributed by atoms with Gasteiger partial charge in [0.1, 0.15) is 0 Å². The number of rotatable bonds is 10. The molecule has 0 aromatic rings. The van der Waals surface area contributed by atoms with E-state index in [2.05, 4.69) is 0 Å². The zero-order valence-corrected chi connectivity index (χ0v) is 13.5. The summed E-state index contributed by atoms with van der Waals surface area (Å²) in [7, 11) is -11.5. The predicted octanol–water partition coefficient (Wildman–Crippen LogP) is -2.19. The fourth-order valence-electron chi connectivity index (χ4n) is 1.12. The minimum absolute atomic E-state index is 0. The van der Waals surface area contributed by atoms with Crippen molar-refractivity contribution >= 4 is 54.8 Å². The molecule has 0 fully saturated rings. The van der Waals surface area contributed by atoms with Gasteiger partial charge in [-0.1, -0.05) is 0 Å². The Hall–Kier alpha value is 1.34. The zero-order chi connectivity index (χ0) is 15.2. The van der Waals surface area contributed by atoms with E-state index in [4.69, 9.17) is 37.8 Å². The van der Waals surface area contributed by atoms with Crippen LogP contribution in [0.4, 0.5) is 0 Å². The normalized spacial score (nSPS) is 13.2. The average molecular weight is 360 g/mol. The molecule has 0 aromatic heterocycles. The van der Waals surface area contributed by atoms with E-state index in [0.29, 0.717) is 0 Å². The second-order valence-corrected chi connectivity index (χ2v) is 10.3. The van der Waals surface area contributed by atoms with Crippen molar-refractivity contribution in [3.05, 3.63) is 0 Å². The van der Waals surface area contributed by atoms with Crippen molar-refractivity contribution in [2.45, 2.75) is 24.9 Å². The van der Waals surface area contributed by atoms with Gasteiger partial charge in [-0.2, -0.15) is 0 Å². The molecule has 20 heavy (non-hydrogen) atoms. The molecule has 0 aromatic carbocycles. The SMILES string of the molecule is CP(=O)(OCCC[Si](O)(O)O)OCCC[Si](O)(O)O.[NaH]. The summed E-state index contributed by atoms with van der Waals surface area (Å²) in [5.74, 6) is 0. The third-order valence-electron chi connectivity index (χ3n) is 1.96. The first-order valence-corrected chi connectivity index (χ1v) is 11.7. The molecule has 0 rings (SSSR count). The summed E-state index contributed by atoms with van der Waals surface area (Å²) in [6, 6.07) is -0.443. The Morgan fingerprint density at radius 2 is 1.15 bits per heavy atom. The first-order valence-electron chi connectivity index (χ1n) is 5.62. The molecule has 0 aliphatic heterocycles. The van der Waals surface area contributed by atoms with E-state index < -0.39 is 25.2 Å². The van der Waals surface area contributed by atoms with E-state index in [1.165, 1.54) is 6.66 Å². The molecule has 118 valence electrons. The van der Waals surface area contributed by atoms with Crippen LogP contribution in [-0.4, -0.2) is 95.8 Å². The molecule has 0 bridgehead atoms. The van der Waals surface area contributed by atoms with Gasteiger partial charge in [0, 0.05) is 18.8 Å². The van der Waals surface area contributed by atoms with Gasteiger partial charge >= 0.3 is 54.8 Å². The third-order valence-corrected chi connectivity index (χ3v) is 5.32. The van der Waals surface area contributed by atoms with Crippen molar-refractivity contribution in [2.75, 3.05) is 19.9 Å². The molecule has 0 atom stereocenters. The molecule has 0 heterocycles. The van der Waals surface area contributed by atoms with Crippen LogP contribution in [0, 0.1) is 0 Å². The van der Waals surface area contributed by atoms with Crippen LogP contribution in [-0.2, 0) is 13.6 Å². The van der Waals surface area contributed by atoms with E-state index in [1.807, 2.05) is 0 Å². The Kier molecular flexibility index (Phi) is 12.0. The maximum atomic E-state index is 11.7. The Labute approximate surface area is 141 Å². The van der Waals surface area contributed by atoms with Crippen LogP contribution >= 0.6 is 7.60 Å². The summed E-state index contributed by atoms with van der Waals surface area (Å²) in [6.45, 7) is 1.09. The van der Waals surface area contributed by atoms with Gasteiger partial charge in [0.15, 0.2) is 0 Å². The van der Waals surface area contributed by atoms with Crippen molar-refractivity contribution in [3.8, 4) is 0 Å². The van der Waals surface area contributed by atoms with Gasteiger partial charge < -0.3 is 37.8 Å². The van der Waals surface area contributed by atoms with E-state index in [9.17, 15) is 4.57 Å². The summed E-state index contributed by atoms with van der Waals surface area (Å²) < 4.78 is 21.5. The van der Waals surface area contributed by atoms with Gasteiger partial charge in [-0.15, -0.1) is 0 Å². The second-order valence-electron chi connectivity index (χ2n) is 4.19. The molecule has 0 amide bonds. The molecule has 13 heteroatoms. The van der Waals surface area contributed by atoms with Gasteiger partial charge in [-0.25, -0.2) is 0 Å². The monoisotopic (exact) mass is 360 g/mol. The Bertz CT molecular complexity index is 280. The molecule has 0 unspecified atom stereocenters. The molecule has 9 nitrogen and oxygen atoms in total. The first kappa shape index (κ1) is 23.6. The third kappa shape index (κ3) is 17.4. The molecule has 6 N–H and O–H groups in total. The molecule has 0 radical (unpaired) electrons. The molecule has 0 aliphatic carbocycles. The van der Waals surface area contributed by atoms with Crippen LogP contribution in [0.2, 0.25) is 12.1 Å². The standard InChI is InChI=1S/C7H21O9PSi2.Na.H/c1-17(8,15-4-2-6-18(9,10)11)16-5-3-7-19(12,13)14;;/h9-14H,2-7H2,1H3;;. The summed E-state index contributed by atoms with van der Waals surface area (Å²) in [4.78, 5) is 52.3. The van der Waals surface area contributed by atoms with Crippen molar-refractivity contribution in [3.63, 3.8) is 0 Å². The minimum atomic E-state index is -4.09. The maximum absolute atomic E-state index is 11.7. The van der Waals surface area contributed by atoms with E-state index in [0.717, 1.165) is 0 Å². The Morgan fingerprint density at radius 3 is 1.40 bits per heavy atom. The summed E-state index contributed by atoms with van der Waals surface area (Å²) >= 11 is 0. The van der Waals surface area contributed by atoms with Gasteiger partial charge in [0.25, 0.3) is 0 Å². The molecule has 0 aliphatic rings. The molecule has 0 spiro atoms. The van der Waals surface area contributed by atoms with E-state index in [1.54, 1.807) is 0 Å². The number of hydrogen-bond donors (Lipinski definition) is 6. The van der Waals surface area contributed by atoms with Crippen molar-refractivity contribution in [1.29, 1.82) is 0 Å². The molecular weight excluding hydrogens is 338 g/mol. The zero-order valence-electron chi connectivity index (χ0n) is 10.6. The van der Waals surface area contributed by atoms with Crippen LogP contribution in [0.5, 0.6) is 0 Å². The van der Waals surface area contributed by atoms with Gasteiger partial charge in [0.2, 0.25) is 0 Å². The van der Waals surface area contributed by atoms with Crippen LogP contribution in [0.25, 0.3) is 0 Å². The predicted molar refractivity (Wildman–Crippen MR) is 76.3 cm³/mol. The summed E-state index contributed by atoms with van der Waals surface area (Å²) in [5, 5.41) is 0. The summed E-state index contributed by atoms with van der Waals surface area (Å²) in [5.41, 5.74) is 0. The topological polar surface area (TPSA) is 157 Å².